The Hall–Kier alpha value is -1.44. The molecule has 0 aliphatic heterocycles. The molecule has 1 aromatic carbocycles. The van der Waals surface area contributed by atoms with Crippen LogP contribution < -0.4 is 10.5 Å². The van der Waals surface area contributed by atoms with Crippen LogP contribution in [0.1, 0.15) is 15.3 Å². The van der Waals surface area contributed by atoms with Crippen LogP contribution in [0, 0.1) is 19.7 Å². The van der Waals surface area contributed by atoms with Crippen LogP contribution in [0.15, 0.2) is 29.2 Å². The number of anilines is 1. The molecule has 0 aliphatic carbocycles. The Kier molecular flexibility index (Phi) is 4.12. The summed E-state index contributed by atoms with van der Waals surface area (Å²) in [5.74, 6) is -0.740. The third-order valence-corrected chi connectivity index (χ3v) is 5.49. The van der Waals surface area contributed by atoms with E-state index in [2.05, 4.69) is 4.72 Å². The van der Waals surface area contributed by atoms with Crippen molar-refractivity contribution < 1.29 is 12.8 Å². The van der Waals surface area contributed by atoms with E-state index in [0.717, 1.165) is 21.4 Å². The summed E-state index contributed by atoms with van der Waals surface area (Å²) in [6.45, 7) is 4.14. The number of sulfonamides is 1. The summed E-state index contributed by atoms with van der Waals surface area (Å²) in [5, 5.41) is 0. The molecule has 0 saturated heterocycles. The number of nitrogens with one attached hydrogen (secondary N) is 1. The fraction of sp³-hybridized carbons (Fsp3) is 0.231. The average Bonchev–Trinajstić information content (AvgIpc) is 2.70. The lowest BCUT2D eigenvalue weighted by atomic mass is 10.3. The Balaban J connectivity index is 2.16. The minimum Gasteiger partial charge on any atom is -0.396 e. The molecular weight excluding hydrogens is 299 g/mol. The van der Waals surface area contributed by atoms with Crippen molar-refractivity contribution in [2.24, 2.45) is 0 Å². The molecule has 0 spiro atoms. The zero-order valence-corrected chi connectivity index (χ0v) is 12.7. The van der Waals surface area contributed by atoms with Gasteiger partial charge in [0.15, 0.2) is 0 Å². The lowest BCUT2D eigenvalue weighted by Gasteiger charge is -2.06. The summed E-state index contributed by atoms with van der Waals surface area (Å²) in [6.07, 6.45) is 0. The van der Waals surface area contributed by atoms with Crippen molar-refractivity contribution in [1.82, 2.24) is 4.72 Å². The second kappa shape index (κ2) is 5.51. The predicted octanol–water partition coefficient (Wildman–Crippen LogP) is 2.56. The second-order valence-electron chi connectivity index (χ2n) is 4.46. The van der Waals surface area contributed by atoms with Gasteiger partial charge in [0, 0.05) is 16.3 Å². The summed E-state index contributed by atoms with van der Waals surface area (Å²) in [6, 6.07) is 5.38. The summed E-state index contributed by atoms with van der Waals surface area (Å²) in [5.41, 5.74) is 6.38. The summed E-state index contributed by atoms with van der Waals surface area (Å²) in [4.78, 5) is 1.94. The molecule has 0 saturated carbocycles. The van der Waals surface area contributed by atoms with Gasteiger partial charge in [-0.3, -0.25) is 0 Å². The van der Waals surface area contributed by atoms with Gasteiger partial charge < -0.3 is 5.73 Å². The molecule has 108 valence electrons. The third kappa shape index (κ3) is 3.17. The number of nitrogens with two attached hydrogens (primary N) is 1. The Bertz CT molecular complexity index is 719. The van der Waals surface area contributed by atoms with Crippen molar-refractivity contribution in [3.8, 4) is 0 Å². The molecule has 20 heavy (non-hydrogen) atoms. The van der Waals surface area contributed by atoms with Gasteiger partial charge in [0.1, 0.15) is 5.82 Å². The fourth-order valence-corrected chi connectivity index (χ4v) is 3.76. The van der Waals surface area contributed by atoms with Gasteiger partial charge in [-0.1, -0.05) is 0 Å². The molecule has 0 unspecified atom stereocenters. The van der Waals surface area contributed by atoms with Crippen LogP contribution in [-0.4, -0.2) is 8.42 Å². The monoisotopic (exact) mass is 314 g/mol. The minimum atomic E-state index is -3.74. The average molecular weight is 314 g/mol. The lowest BCUT2D eigenvalue weighted by Crippen LogP contribution is -2.23. The van der Waals surface area contributed by atoms with Gasteiger partial charge in [-0.15, -0.1) is 11.3 Å². The Labute approximate surface area is 121 Å². The van der Waals surface area contributed by atoms with Crippen LogP contribution in [0.2, 0.25) is 0 Å². The van der Waals surface area contributed by atoms with Crippen LogP contribution in [0.3, 0.4) is 0 Å². The van der Waals surface area contributed by atoms with Crippen LogP contribution in [0.4, 0.5) is 10.1 Å². The largest absolute Gasteiger partial charge is 0.396 e. The molecule has 2 aromatic rings. The van der Waals surface area contributed by atoms with Gasteiger partial charge in [-0.05, 0) is 43.7 Å². The SMILES string of the molecule is Cc1cc(CNS(=O)(=O)c2ccc(N)c(F)c2)sc1C. The fourth-order valence-electron chi connectivity index (χ4n) is 1.66. The number of hydrogen-bond donors (Lipinski definition) is 2. The molecule has 0 amide bonds. The van der Waals surface area contributed by atoms with Gasteiger partial charge in [0.2, 0.25) is 10.0 Å². The van der Waals surface area contributed by atoms with Crippen LogP contribution in [0.5, 0.6) is 0 Å². The standard InChI is InChI=1S/C13H15FN2O2S2/c1-8-5-10(19-9(8)2)7-16-20(17,18)11-3-4-13(15)12(14)6-11/h3-6,16H,7,15H2,1-2H3. The van der Waals surface area contributed by atoms with E-state index in [0.29, 0.717) is 0 Å². The van der Waals surface area contributed by atoms with Crippen LogP contribution >= 0.6 is 11.3 Å². The van der Waals surface area contributed by atoms with Crippen LogP contribution in [0.25, 0.3) is 0 Å². The van der Waals surface area contributed by atoms with Gasteiger partial charge in [-0.25, -0.2) is 17.5 Å². The van der Waals surface area contributed by atoms with Crippen molar-refractivity contribution in [2.75, 3.05) is 5.73 Å². The highest BCUT2D eigenvalue weighted by atomic mass is 32.2. The van der Waals surface area contributed by atoms with E-state index in [1.807, 2.05) is 19.9 Å². The topological polar surface area (TPSA) is 72.2 Å². The molecule has 1 aromatic heterocycles. The number of aryl methyl sites for hydroxylation is 2. The van der Waals surface area contributed by atoms with Crippen molar-refractivity contribution in [1.29, 1.82) is 0 Å². The highest BCUT2D eigenvalue weighted by Gasteiger charge is 2.16. The molecule has 0 fully saturated rings. The molecule has 1 heterocycles. The Morgan fingerprint density at radius 2 is 2.00 bits per heavy atom. The molecule has 2 rings (SSSR count). The number of rotatable bonds is 4. The predicted molar refractivity (Wildman–Crippen MR) is 78.6 cm³/mol. The first-order valence-corrected chi connectivity index (χ1v) is 8.20. The molecule has 0 aliphatic rings. The normalized spacial score (nSPS) is 11.8. The molecule has 3 N–H and O–H groups in total. The first-order valence-electron chi connectivity index (χ1n) is 5.90. The second-order valence-corrected chi connectivity index (χ2v) is 7.57. The van der Waals surface area contributed by atoms with Gasteiger partial charge in [0.25, 0.3) is 0 Å². The summed E-state index contributed by atoms with van der Waals surface area (Å²) >= 11 is 1.53. The minimum absolute atomic E-state index is 0.0755. The first-order chi connectivity index (χ1) is 9.29. The van der Waals surface area contributed by atoms with E-state index in [-0.39, 0.29) is 17.1 Å². The van der Waals surface area contributed by atoms with Gasteiger partial charge >= 0.3 is 0 Å². The molecule has 7 heteroatoms. The van der Waals surface area contributed by atoms with E-state index < -0.39 is 15.8 Å². The zero-order valence-electron chi connectivity index (χ0n) is 11.1. The molecule has 0 atom stereocenters. The number of halogens is 1. The number of thiophene rings is 1. The van der Waals surface area contributed by atoms with E-state index in [9.17, 15) is 12.8 Å². The first kappa shape index (κ1) is 15.0. The lowest BCUT2D eigenvalue weighted by molar-refractivity contribution is 0.578. The smallest absolute Gasteiger partial charge is 0.241 e. The van der Waals surface area contributed by atoms with Crippen molar-refractivity contribution in [3.63, 3.8) is 0 Å². The molecular formula is C13H15FN2O2S2. The Morgan fingerprint density at radius 1 is 1.30 bits per heavy atom. The molecule has 4 nitrogen and oxygen atoms in total. The van der Waals surface area contributed by atoms with E-state index in [1.54, 1.807) is 0 Å². The van der Waals surface area contributed by atoms with Gasteiger partial charge in [0.05, 0.1) is 10.6 Å². The molecule has 0 bridgehead atoms. The van der Waals surface area contributed by atoms with Crippen molar-refractivity contribution in [2.45, 2.75) is 25.3 Å². The quantitative estimate of drug-likeness (QED) is 0.852. The zero-order chi connectivity index (χ0) is 14.9. The van der Waals surface area contributed by atoms with Crippen LogP contribution in [-0.2, 0) is 16.6 Å². The number of benzene rings is 1. The van der Waals surface area contributed by atoms with Crippen molar-refractivity contribution in [3.05, 3.63) is 45.4 Å². The summed E-state index contributed by atoms with van der Waals surface area (Å²) in [7, 11) is -3.74. The van der Waals surface area contributed by atoms with Gasteiger partial charge in [-0.2, -0.15) is 0 Å². The maximum absolute atomic E-state index is 13.3. The van der Waals surface area contributed by atoms with Crippen molar-refractivity contribution >= 4 is 27.0 Å². The third-order valence-electron chi connectivity index (χ3n) is 2.94. The highest BCUT2D eigenvalue weighted by Crippen LogP contribution is 2.21. The highest BCUT2D eigenvalue weighted by molar-refractivity contribution is 7.89. The number of hydrogen-bond acceptors (Lipinski definition) is 4. The molecule has 0 radical (unpaired) electrons. The van der Waals surface area contributed by atoms with E-state index in [1.165, 1.54) is 23.5 Å². The number of nitrogen functional groups attached to an aromatic ring is 1. The maximum atomic E-state index is 13.3. The summed E-state index contributed by atoms with van der Waals surface area (Å²) < 4.78 is 39.9. The van der Waals surface area contributed by atoms with E-state index in [4.69, 9.17) is 5.73 Å². The Morgan fingerprint density at radius 3 is 2.55 bits per heavy atom. The maximum Gasteiger partial charge on any atom is 0.241 e. The van der Waals surface area contributed by atoms with E-state index >= 15 is 0 Å².